The molecular formula is C23H18Cl3N5OS. The number of nitrogens with one attached hydrogen (secondary N) is 1. The number of nitrogens with zero attached hydrogens (tertiary/aromatic N) is 4. The van der Waals surface area contributed by atoms with Crippen molar-refractivity contribution in [3.63, 3.8) is 0 Å². The largest absolute Gasteiger partial charge is 0.355 e. The molecule has 168 valence electrons. The van der Waals surface area contributed by atoms with Crippen LogP contribution in [0.3, 0.4) is 0 Å². The van der Waals surface area contributed by atoms with Gasteiger partial charge in [0.15, 0.2) is 11.0 Å². The third kappa shape index (κ3) is 6.06. The lowest BCUT2D eigenvalue weighted by Gasteiger charge is -2.11. The summed E-state index contributed by atoms with van der Waals surface area (Å²) in [4.78, 5) is 16.5. The molecule has 4 rings (SSSR count). The summed E-state index contributed by atoms with van der Waals surface area (Å²) in [6, 6.07) is 16.4. The fraction of sp³-hybridized carbons (Fsp3) is 0.130. The van der Waals surface area contributed by atoms with Crippen molar-refractivity contribution in [1.82, 2.24) is 25.1 Å². The normalized spacial score (nSPS) is 10.9. The van der Waals surface area contributed by atoms with E-state index in [1.165, 1.54) is 11.8 Å². The Hall–Kier alpha value is -2.58. The molecule has 0 aliphatic rings. The van der Waals surface area contributed by atoms with E-state index in [2.05, 4.69) is 20.5 Å². The molecule has 33 heavy (non-hydrogen) atoms. The maximum atomic E-state index is 12.4. The van der Waals surface area contributed by atoms with Gasteiger partial charge in [-0.05, 0) is 60.5 Å². The molecule has 0 saturated heterocycles. The maximum Gasteiger partial charge on any atom is 0.230 e. The Balaban J connectivity index is 1.44. The van der Waals surface area contributed by atoms with Crippen LogP contribution in [0.4, 0.5) is 0 Å². The molecule has 2 aromatic heterocycles. The molecule has 0 bridgehead atoms. The van der Waals surface area contributed by atoms with Gasteiger partial charge in [-0.25, -0.2) is 0 Å². The van der Waals surface area contributed by atoms with Gasteiger partial charge in [0.2, 0.25) is 5.91 Å². The van der Waals surface area contributed by atoms with Gasteiger partial charge in [0.05, 0.1) is 5.75 Å². The van der Waals surface area contributed by atoms with Gasteiger partial charge in [-0.3, -0.25) is 14.3 Å². The van der Waals surface area contributed by atoms with E-state index in [9.17, 15) is 4.79 Å². The van der Waals surface area contributed by atoms with Crippen LogP contribution in [0.15, 0.2) is 72.1 Å². The Labute approximate surface area is 210 Å². The monoisotopic (exact) mass is 517 g/mol. The van der Waals surface area contributed by atoms with Crippen molar-refractivity contribution in [2.75, 3.05) is 12.3 Å². The lowest BCUT2D eigenvalue weighted by Crippen LogP contribution is -2.27. The number of rotatable bonds is 8. The lowest BCUT2D eigenvalue weighted by atomic mass is 10.1. The highest BCUT2D eigenvalue weighted by Gasteiger charge is 2.17. The summed E-state index contributed by atoms with van der Waals surface area (Å²) in [6.07, 6.45) is 4.01. The zero-order chi connectivity index (χ0) is 23.2. The maximum absolute atomic E-state index is 12.4. The zero-order valence-corrected chi connectivity index (χ0v) is 20.3. The molecule has 10 heteroatoms. The number of amides is 1. The molecular weight excluding hydrogens is 501 g/mol. The van der Waals surface area contributed by atoms with Crippen molar-refractivity contribution in [2.45, 2.75) is 11.6 Å². The highest BCUT2D eigenvalue weighted by atomic mass is 35.5. The predicted molar refractivity (Wildman–Crippen MR) is 133 cm³/mol. The van der Waals surface area contributed by atoms with E-state index in [1.807, 2.05) is 34.9 Å². The number of carbonyl (C=O) groups excluding carboxylic acids is 1. The molecule has 0 saturated carbocycles. The molecule has 0 radical (unpaired) electrons. The van der Waals surface area contributed by atoms with Crippen LogP contribution in [0.1, 0.15) is 5.56 Å². The molecule has 0 unspecified atom stereocenters. The molecule has 2 heterocycles. The Bertz CT molecular complexity index is 1250. The third-order valence-electron chi connectivity index (χ3n) is 4.72. The van der Waals surface area contributed by atoms with Gasteiger partial charge >= 0.3 is 0 Å². The van der Waals surface area contributed by atoms with Crippen LogP contribution in [0, 0.1) is 0 Å². The second-order valence-electron chi connectivity index (χ2n) is 6.98. The highest BCUT2D eigenvalue weighted by Crippen LogP contribution is 2.28. The lowest BCUT2D eigenvalue weighted by molar-refractivity contribution is -0.118. The Morgan fingerprint density at radius 2 is 1.67 bits per heavy atom. The van der Waals surface area contributed by atoms with Crippen LogP contribution in [0.2, 0.25) is 15.1 Å². The van der Waals surface area contributed by atoms with Crippen LogP contribution in [-0.4, -0.2) is 38.0 Å². The first-order chi connectivity index (χ1) is 16.0. The average Bonchev–Trinajstić information content (AvgIpc) is 3.24. The smallest absolute Gasteiger partial charge is 0.230 e. The van der Waals surface area contributed by atoms with Crippen molar-refractivity contribution in [2.24, 2.45) is 0 Å². The Morgan fingerprint density at radius 1 is 0.939 bits per heavy atom. The molecule has 4 aromatic rings. The minimum Gasteiger partial charge on any atom is -0.355 e. The van der Waals surface area contributed by atoms with Crippen LogP contribution < -0.4 is 5.32 Å². The SMILES string of the molecule is O=C(CSc1nnc(-c2ccncc2)n1-c1ccc(Cl)cc1)NCCc1ccc(Cl)cc1Cl. The van der Waals surface area contributed by atoms with E-state index in [1.54, 1.807) is 36.7 Å². The molecule has 2 aromatic carbocycles. The third-order valence-corrected chi connectivity index (χ3v) is 6.49. The van der Waals surface area contributed by atoms with Gasteiger partial charge in [0.25, 0.3) is 0 Å². The number of benzene rings is 2. The average molecular weight is 519 g/mol. The minimum absolute atomic E-state index is 0.110. The van der Waals surface area contributed by atoms with Crippen molar-refractivity contribution in [3.05, 3.63) is 87.6 Å². The summed E-state index contributed by atoms with van der Waals surface area (Å²) < 4.78 is 1.90. The van der Waals surface area contributed by atoms with E-state index in [-0.39, 0.29) is 11.7 Å². The summed E-state index contributed by atoms with van der Waals surface area (Å²) in [7, 11) is 0. The summed E-state index contributed by atoms with van der Waals surface area (Å²) in [5, 5.41) is 14.0. The van der Waals surface area contributed by atoms with Crippen molar-refractivity contribution >= 4 is 52.5 Å². The quantitative estimate of drug-likeness (QED) is 0.301. The number of thioether (sulfide) groups is 1. The summed E-state index contributed by atoms with van der Waals surface area (Å²) >= 11 is 19.5. The molecule has 0 aliphatic carbocycles. The Kier molecular flexibility index (Phi) is 7.88. The van der Waals surface area contributed by atoms with Crippen molar-refractivity contribution in [1.29, 1.82) is 0 Å². The topological polar surface area (TPSA) is 72.7 Å². The van der Waals surface area contributed by atoms with Crippen LogP contribution in [-0.2, 0) is 11.2 Å². The first-order valence-corrected chi connectivity index (χ1v) is 12.1. The van der Waals surface area contributed by atoms with E-state index in [0.29, 0.717) is 39.0 Å². The summed E-state index contributed by atoms with van der Waals surface area (Å²) in [5.74, 6) is 0.734. The van der Waals surface area contributed by atoms with Crippen LogP contribution >= 0.6 is 46.6 Å². The Morgan fingerprint density at radius 3 is 2.39 bits per heavy atom. The number of hydrogen-bond donors (Lipinski definition) is 1. The minimum atomic E-state index is -0.110. The molecule has 1 amide bonds. The number of pyridine rings is 1. The van der Waals surface area contributed by atoms with E-state index in [4.69, 9.17) is 34.8 Å². The van der Waals surface area contributed by atoms with Crippen LogP contribution in [0.5, 0.6) is 0 Å². The summed E-state index contributed by atoms with van der Waals surface area (Å²) in [6.45, 7) is 0.465. The van der Waals surface area contributed by atoms with Gasteiger partial charge in [0.1, 0.15) is 0 Å². The van der Waals surface area contributed by atoms with Gasteiger partial charge in [0, 0.05) is 45.3 Å². The van der Waals surface area contributed by atoms with E-state index in [0.717, 1.165) is 16.8 Å². The number of carbonyl (C=O) groups is 1. The molecule has 0 atom stereocenters. The van der Waals surface area contributed by atoms with Crippen molar-refractivity contribution in [3.8, 4) is 17.1 Å². The zero-order valence-electron chi connectivity index (χ0n) is 17.2. The first-order valence-electron chi connectivity index (χ1n) is 9.96. The van der Waals surface area contributed by atoms with E-state index < -0.39 is 0 Å². The molecule has 1 N–H and O–H groups in total. The predicted octanol–water partition coefficient (Wildman–Crippen LogP) is 5.74. The number of hydrogen-bond acceptors (Lipinski definition) is 5. The number of aromatic nitrogens is 4. The fourth-order valence-electron chi connectivity index (χ4n) is 3.12. The highest BCUT2D eigenvalue weighted by molar-refractivity contribution is 7.99. The second-order valence-corrected chi connectivity index (χ2v) is 9.20. The fourth-order valence-corrected chi connectivity index (χ4v) is 4.53. The van der Waals surface area contributed by atoms with Gasteiger partial charge in [-0.1, -0.05) is 52.6 Å². The molecule has 0 aliphatic heterocycles. The number of halogens is 3. The van der Waals surface area contributed by atoms with Crippen molar-refractivity contribution < 1.29 is 4.79 Å². The van der Waals surface area contributed by atoms with Gasteiger partial charge < -0.3 is 5.32 Å². The standard InChI is InChI=1S/C23H18Cl3N5OS/c24-17-3-5-19(6-4-17)31-22(16-7-10-27-11-8-16)29-30-23(31)33-14-21(32)28-12-9-15-1-2-18(25)13-20(15)26/h1-8,10-11,13H,9,12,14H2,(H,28,32). The second kappa shape index (κ2) is 11.0. The molecule has 6 nitrogen and oxygen atoms in total. The van der Waals surface area contributed by atoms with E-state index >= 15 is 0 Å². The van der Waals surface area contributed by atoms with Gasteiger partial charge in [-0.2, -0.15) is 0 Å². The van der Waals surface area contributed by atoms with Gasteiger partial charge in [-0.15, -0.1) is 10.2 Å². The molecule has 0 fully saturated rings. The van der Waals surface area contributed by atoms with Crippen LogP contribution in [0.25, 0.3) is 17.1 Å². The summed E-state index contributed by atoms with van der Waals surface area (Å²) in [5.41, 5.74) is 2.64. The molecule has 0 spiro atoms. The first kappa shape index (κ1) is 23.6.